The molecule has 0 heterocycles. The molecule has 4 unspecified atom stereocenters. The van der Waals surface area contributed by atoms with Gasteiger partial charge in [-0.3, -0.25) is 4.79 Å². The molecular formula is C32H54O5. The van der Waals surface area contributed by atoms with Gasteiger partial charge in [-0.1, -0.05) is 54.4 Å². The molecule has 0 spiro atoms. The maximum atomic E-state index is 12.2. The number of hydrogen-bond acceptors (Lipinski definition) is 5. The van der Waals surface area contributed by atoms with Gasteiger partial charge in [0.1, 0.15) is 19.0 Å². The minimum atomic E-state index is -0.657. The molecule has 0 saturated heterocycles. The number of esters is 1. The van der Waals surface area contributed by atoms with Crippen molar-refractivity contribution < 1.29 is 23.8 Å². The summed E-state index contributed by atoms with van der Waals surface area (Å²) in [6, 6.07) is 0. The molecule has 4 saturated carbocycles. The van der Waals surface area contributed by atoms with Gasteiger partial charge in [0.15, 0.2) is 0 Å². The first kappa shape index (κ1) is 29.1. The van der Waals surface area contributed by atoms with Crippen molar-refractivity contribution >= 4 is 12.3 Å². The zero-order chi connectivity index (χ0) is 27.1. The van der Waals surface area contributed by atoms with E-state index < -0.39 is 11.9 Å². The summed E-state index contributed by atoms with van der Waals surface area (Å²) in [5.41, 5.74) is 0.569. The highest BCUT2D eigenvalue weighted by atomic mass is 16.7. The van der Waals surface area contributed by atoms with Gasteiger partial charge in [-0.05, 0) is 103 Å². The van der Waals surface area contributed by atoms with Crippen molar-refractivity contribution in [2.75, 3.05) is 21.0 Å². The fourth-order valence-corrected chi connectivity index (χ4v) is 10.8. The molecule has 13 atom stereocenters. The Labute approximate surface area is 226 Å². The van der Waals surface area contributed by atoms with Gasteiger partial charge in [0.05, 0.1) is 13.2 Å². The van der Waals surface area contributed by atoms with E-state index in [2.05, 4.69) is 41.5 Å². The maximum Gasteiger partial charge on any atom is 0.315 e. The zero-order valence-corrected chi connectivity index (χ0v) is 24.8. The van der Waals surface area contributed by atoms with Crippen LogP contribution in [0.25, 0.3) is 0 Å². The molecule has 0 aromatic carbocycles. The third-order valence-corrected chi connectivity index (χ3v) is 12.7. The van der Waals surface area contributed by atoms with Gasteiger partial charge < -0.3 is 19.0 Å². The topological polar surface area (TPSA) is 61.8 Å². The smallest absolute Gasteiger partial charge is 0.315 e. The van der Waals surface area contributed by atoms with Gasteiger partial charge >= 0.3 is 5.97 Å². The first-order valence-electron chi connectivity index (χ1n) is 15.2. The summed E-state index contributed by atoms with van der Waals surface area (Å²) in [6.45, 7) is 15.2. The van der Waals surface area contributed by atoms with E-state index in [1.54, 1.807) is 7.11 Å². The van der Waals surface area contributed by atoms with Gasteiger partial charge in [-0.2, -0.15) is 0 Å². The van der Waals surface area contributed by atoms with Crippen LogP contribution in [0.5, 0.6) is 0 Å². The number of carbonyl (C=O) groups is 2. The van der Waals surface area contributed by atoms with Gasteiger partial charge in [0.25, 0.3) is 0 Å². The number of rotatable bonds is 9. The molecule has 4 rings (SSSR count). The van der Waals surface area contributed by atoms with E-state index >= 15 is 0 Å². The quantitative estimate of drug-likeness (QED) is 0.146. The summed E-state index contributed by atoms with van der Waals surface area (Å²) in [6.07, 6.45) is 10.5. The highest BCUT2D eigenvalue weighted by Gasteiger charge is 2.67. The fourth-order valence-electron chi connectivity index (χ4n) is 10.8. The number of ether oxygens (including phenoxy) is 3. The molecule has 5 heteroatoms. The predicted molar refractivity (Wildman–Crippen MR) is 146 cm³/mol. The number of fused-ring (bicyclic) bond motifs is 5. The van der Waals surface area contributed by atoms with Crippen molar-refractivity contribution in [1.29, 1.82) is 0 Å². The van der Waals surface area contributed by atoms with E-state index in [-0.39, 0.29) is 11.5 Å². The van der Waals surface area contributed by atoms with E-state index in [0.29, 0.717) is 60.1 Å². The second-order valence-electron chi connectivity index (χ2n) is 14.1. The van der Waals surface area contributed by atoms with Crippen molar-refractivity contribution in [1.82, 2.24) is 0 Å². The molecular weight excluding hydrogens is 464 g/mol. The Morgan fingerprint density at radius 2 is 1.78 bits per heavy atom. The summed E-state index contributed by atoms with van der Waals surface area (Å²) in [5.74, 6) is 4.31. The normalized spacial score (nSPS) is 46.8. The molecule has 0 bridgehead atoms. The first-order chi connectivity index (χ1) is 17.6. The van der Waals surface area contributed by atoms with Crippen LogP contribution in [-0.4, -0.2) is 39.4 Å². The van der Waals surface area contributed by atoms with Gasteiger partial charge in [-0.15, -0.1) is 0 Å². The summed E-state index contributed by atoms with van der Waals surface area (Å²) < 4.78 is 17.2. The lowest BCUT2D eigenvalue weighted by molar-refractivity contribution is -0.240. The number of aldehydes is 1. The lowest BCUT2D eigenvalue weighted by Crippen LogP contribution is -2.63. The summed E-state index contributed by atoms with van der Waals surface area (Å²) >= 11 is 0. The lowest BCUT2D eigenvalue weighted by atomic mass is 9.39. The molecule has 4 aliphatic carbocycles. The Balaban J connectivity index is 1.69. The molecule has 0 aromatic rings. The van der Waals surface area contributed by atoms with Crippen LogP contribution in [-0.2, 0) is 23.8 Å². The monoisotopic (exact) mass is 518 g/mol. The minimum Gasteiger partial charge on any atom is -0.468 e. The van der Waals surface area contributed by atoms with Crippen molar-refractivity contribution in [2.24, 2.45) is 70.0 Å². The third-order valence-electron chi connectivity index (χ3n) is 12.7. The van der Waals surface area contributed by atoms with Crippen LogP contribution < -0.4 is 0 Å². The summed E-state index contributed by atoms with van der Waals surface area (Å²) in [7, 11) is 3.13. The standard InChI is InChI=1S/C32H54O5/c1-9-23-26-14-19(2)12-13-31(26,5)27-16-21(4)32(6)24(20(3)15-22(17-33)30(34)36-8)10-11-25(32)28(27)29(23)37-18-35-7/h17,19-29H,9-16,18H2,1-8H3/t19-,20-,21+,22?,23-,24-,25?,26+,27?,28?,29-,31+,32-/m1/s1. The van der Waals surface area contributed by atoms with E-state index in [0.717, 1.165) is 18.1 Å². The van der Waals surface area contributed by atoms with Crippen LogP contribution >= 0.6 is 0 Å². The Bertz CT molecular complexity index is 813. The van der Waals surface area contributed by atoms with E-state index in [1.807, 2.05) is 0 Å². The molecule has 212 valence electrons. The van der Waals surface area contributed by atoms with Crippen LogP contribution in [0.3, 0.4) is 0 Å². The molecule has 4 aliphatic rings. The molecule has 37 heavy (non-hydrogen) atoms. The van der Waals surface area contributed by atoms with Crippen molar-refractivity contribution in [2.45, 2.75) is 99.0 Å². The molecule has 0 aliphatic heterocycles. The molecule has 0 amide bonds. The zero-order valence-electron chi connectivity index (χ0n) is 24.8. The average Bonchev–Trinajstić information content (AvgIpc) is 3.25. The van der Waals surface area contributed by atoms with Crippen molar-refractivity contribution in [3.63, 3.8) is 0 Å². The van der Waals surface area contributed by atoms with Crippen LogP contribution in [0, 0.1) is 70.0 Å². The van der Waals surface area contributed by atoms with Crippen LogP contribution in [0.2, 0.25) is 0 Å². The first-order valence-corrected chi connectivity index (χ1v) is 15.2. The average molecular weight is 519 g/mol. The van der Waals surface area contributed by atoms with E-state index in [4.69, 9.17) is 14.2 Å². The number of carbonyl (C=O) groups excluding carboxylic acids is 2. The largest absolute Gasteiger partial charge is 0.468 e. The Hall–Kier alpha value is -0.940. The van der Waals surface area contributed by atoms with E-state index in [1.165, 1.54) is 52.1 Å². The SMILES string of the molecule is CC[C@H]1[C@@H](OCOC)C2C3CC[C@H]([C@H](C)CC(C=O)C(=O)OC)[C@@]3(C)[C@@H](C)CC2[C@@]2(C)CC[C@@H](C)C[C@@H]12. The van der Waals surface area contributed by atoms with Gasteiger partial charge in [0.2, 0.25) is 0 Å². The molecule has 0 N–H and O–H groups in total. The second-order valence-corrected chi connectivity index (χ2v) is 14.1. The van der Waals surface area contributed by atoms with E-state index in [9.17, 15) is 9.59 Å². The Morgan fingerprint density at radius 3 is 2.41 bits per heavy atom. The lowest BCUT2D eigenvalue weighted by Gasteiger charge is -2.67. The van der Waals surface area contributed by atoms with Crippen LogP contribution in [0.1, 0.15) is 92.9 Å². The van der Waals surface area contributed by atoms with Gasteiger partial charge in [-0.25, -0.2) is 0 Å². The predicted octanol–water partition coefficient (Wildman–Crippen LogP) is 6.78. The van der Waals surface area contributed by atoms with Gasteiger partial charge in [0, 0.05) is 7.11 Å². The maximum absolute atomic E-state index is 12.2. The highest BCUT2D eigenvalue weighted by molar-refractivity contribution is 5.87. The van der Waals surface area contributed by atoms with Crippen molar-refractivity contribution in [3.8, 4) is 0 Å². The van der Waals surface area contributed by atoms with Crippen LogP contribution in [0.4, 0.5) is 0 Å². The summed E-state index contributed by atoms with van der Waals surface area (Å²) in [4.78, 5) is 24.0. The molecule has 4 fully saturated rings. The molecule has 0 aromatic heterocycles. The van der Waals surface area contributed by atoms with Crippen LogP contribution in [0.15, 0.2) is 0 Å². The molecule has 5 nitrogen and oxygen atoms in total. The van der Waals surface area contributed by atoms with Crippen molar-refractivity contribution in [3.05, 3.63) is 0 Å². The molecule has 0 radical (unpaired) electrons. The number of methoxy groups -OCH3 is 2. The third kappa shape index (κ3) is 4.72. The highest BCUT2D eigenvalue weighted by Crippen LogP contribution is 2.71. The second kappa shape index (κ2) is 11.3. The summed E-state index contributed by atoms with van der Waals surface area (Å²) in [5, 5.41) is 0. The Kier molecular flexibility index (Phi) is 8.85. The Morgan fingerprint density at radius 1 is 1.05 bits per heavy atom. The number of hydrogen-bond donors (Lipinski definition) is 0. The minimum absolute atomic E-state index is 0.183. The fraction of sp³-hybridized carbons (Fsp3) is 0.938.